The van der Waals surface area contributed by atoms with Crippen LogP contribution in [0.4, 0.5) is 0 Å². The van der Waals surface area contributed by atoms with Crippen molar-refractivity contribution in [2.75, 3.05) is 14.1 Å². The minimum absolute atomic E-state index is 0.0484. The second kappa shape index (κ2) is 7.46. The molecule has 2 aromatic carbocycles. The SMILES string of the molecule is C[C@@H]1[C@H](N(C)C)C(C#N)(C#N)N2N=C(c3ccc(Cl)cc3)[C@@H]3[C@@H](C3(C)C)[C@]12c1ccc(Cl)cc1. The third-order valence-corrected chi connectivity index (χ3v) is 8.93. The number of fused-ring (bicyclic) bond motifs is 3. The van der Waals surface area contributed by atoms with Gasteiger partial charge in [0, 0.05) is 27.8 Å². The van der Waals surface area contributed by atoms with E-state index in [9.17, 15) is 10.5 Å². The van der Waals surface area contributed by atoms with E-state index >= 15 is 0 Å². The highest BCUT2D eigenvalue weighted by atomic mass is 35.5. The third kappa shape index (κ3) is 2.73. The second-order valence-corrected chi connectivity index (χ2v) is 11.5. The molecule has 0 radical (unpaired) electrons. The molecule has 0 N–H and O–H groups in total. The number of hydrazone groups is 1. The molecule has 0 unspecified atom stereocenters. The third-order valence-electron chi connectivity index (χ3n) is 8.43. The summed E-state index contributed by atoms with van der Waals surface area (Å²) in [5.41, 5.74) is 0.763. The van der Waals surface area contributed by atoms with Gasteiger partial charge in [-0.25, -0.2) is 0 Å². The van der Waals surface area contributed by atoms with E-state index in [0.29, 0.717) is 10.0 Å². The van der Waals surface area contributed by atoms with Gasteiger partial charge in [0.05, 0.1) is 17.3 Å². The van der Waals surface area contributed by atoms with E-state index < -0.39 is 11.1 Å². The van der Waals surface area contributed by atoms with Crippen molar-refractivity contribution in [3.8, 4) is 12.1 Å². The van der Waals surface area contributed by atoms with Crippen LogP contribution in [-0.2, 0) is 5.54 Å². The van der Waals surface area contributed by atoms with Crippen molar-refractivity contribution in [1.29, 1.82) is 10.5 Å². The molecular weight excluding hydrogens is 465 g/mol. The van der Waals surface area contributed by atoms with Gasteiger partial charge >= 0.3 is 0 Å². The van der Waals surface area contributed by atoms with Crippen molar-refractivity contribution < 1.29 is 0 Å². The van der Waals surface area contributed by atoms with E-state index in [1.807, 2.05) is 72.5 Å². The molecule has 2 heterocycles. The van der Waals surface area contributed by atoms with Crippen molar-refractivity contribution in [1.82, 2.24) is 9.91 Å². The van der Waals surface area contributed by atoms with Crippen molar-refractivity contribution in [3.63, 3.8) is 0 Å². The molecule has 1 saturated heterocycles. The minimum atomic E-state index is -1.45. The van der Waals surface area contributed by atoms with Crippen LogP contribution in [0.3, 0.4) is 0 Å². The number of nitrogens with zero attached hydrogens (tertiary/aromatic N) is 5. The second-order valence-electron chi connectivity index (χ2n) is 10.6. The molecular formula is C27H27Cl2N5. The summed E-state index contributed by atoms with van der Waals surface area (Å²) in [7, 11) is 3.88. The van der Waals surface area contributed by atoms with Gasteiger partial charge in [-0.1, -0.05) is 68.2 Å². The molecule has 0 bridgehead atoms. The van der Waals surface area contributed by atoms with Crippen molar-refractivity contribution in [2.24, 2.45) is 28.3 Å². The Morgan fingerprint density at radius 1 is 0.941 bits per heavy atom. The number of rotatable bonds is 3. The summed E-state index contributed by atoms with van der Waals surface area (Å²) in [6, 6.07) is 20.0. The summed E-state index contributed by atoms with van der Waals surface area (Å²) in [5, 5.41) is 29.5. The van der Waals surface area contributed by atoms with E-state index in [2.05, 4.69) is 32.9 Å². The molecule has 3 aliphatic rings. The van der Waals surface area contributed by atoms with Crippen LogP contribution >= 0.6 is 23.2 Å². The number of benzene rings is 2. The Bertz CT molecular complexity index is 1240. The van der Waals surface area contributed by atoms with Crippen LogP contribution in [0.25, 0.3) is 0 Å². The number of hydrogen-bond acceptors (Lipinski definition) is 5. The fourth-order valence-corrected chi connectivity index (χ4v) is 7.39. The largest absolute Gasteiger partial charge is 0.302 e. The lowest BCUT2D eigenvalue weighted by molar-refractivity contribution is 0.0309. The van der Waals surface area contributed by atoms with Crippen LogP contribution in [0.5, 0.6) is 0 Å². The van der Waals surface area contributed by atoms with Gasteiger partial charge in [0.2, 0.25) is 5.54 Å². The quantitative estimate of drug-likeness (QED) is 0.564. The zero-order valence-corrected chi connectivity index (χ0v) is 21.4. The van der Waals surface area contributed by atoms with Gasteiger partial charge < -0.3 is 4.90 Å². The first-order valence-electron chi connectivity index (χ1n) is 11.5. The molecule has 2 fully saturated rings. The first-order chi connectivity index (χ1) is 16.1. The highest BCUT2D eigenvalue weighted by Gasteiger charge is 2.81. The van der Waals surface area contributed by atoms with Gasteiger partial charge in [-0.15, -0.1) is 0 Å². The predicted molar refractivity (Wildman–Crippen MR) is 134 cm³/mol. The maximum absolute atomic E-state index is 10.6. The zero-order valence-electron chi connectivity index (χ0n) is 19.9. The normalized spacial score (nSPS) is 32.3. The summed E-state index contributed by atoms with van der Waals surface area (Å²) in [4.78, 5) is 2.01. The lowest BCUT2D eigenvalue weighted by Gasteiger charge is -2.46. The van der Waals surface area contributed by atoms with E-state index in [1.165, 1.54) is 0 Å². The molecule has 5 nitrogen and oxygen atoms in total. The van der Waals surface area contributed by atoms with Crippen LogP contribution < -0.4 is 0 Å². The Balaban J connectivity index is 1.85. The monoisotopic (exact) mass is 491 g/mol. The van der Waals surface area contributed by atoms with Crippen LogP contribution in [0, 0.1) is 45.8 Å². The minimum Gasteiger partial charge on any atom is -0.302 e. The Hall–Kier alpha value is -2.57. The summed E-state index contributed by atoms with van der Waals surface area (Å²) >= 11 is 12.4. The van der Waals surface area contributed by atoms with Gasteiger partial charge in [-0.05, 0) is 54.9 Å². The molecule has 174 valence electrons. The molecule has 5 atom stereocenters. The molecule has 34 heavy (non-hydrogen) atoms. The van der Waals surface area contributed by atoms with E-state index in [1.54, 1.807) is 0 Å². The Morgan fingerprint density at radius 3 is 1.97 bits per heavy atom. The molecule has 0 amide bonds. The summed E-state index contributed by atoms with van der Waals surface area (Å²) in [6.45, 7) is 6.70. The van der Waals surface area contributed by atoms with Crippen molar-refractivity contribution in [3.05, 3.63) is 69.7 Å². The van der Waals surface area contributed by atoms with Gasteiger partial charge in [0.25, 0.3) is 0 Å². The Morgan fingerprint density at radius 2 is 1.47 bits per heavy atom. The van der Waals surface area contributed by atoms with Crippen LogP contribution in [-0.4, -0.2) is 41.3 Å². The number of halogens is 2. The van der Waals surface area contributed by atoms with Crippen molar-refractivity contribution >= 4 is 28.9 Å². The molecule has 1 aliphatic carbocycles. The molecule has 0 aromatic heterocycles. The van der Waals surface area contributed by atoms with Crippen LogP contribution in [0.1, 0.15) is 31.9 Å². The number of likely N-dealkylation sites (N-methyl/N-ethyl adjacent to an activating group) is 1. The smallest absolute Gasteiger partial charge is 0.246 e. The molecule has 5 rings (SSSR count). The summed E-state index contributed by atoms with van der Waals surface area (Å²) in [5.74, 6) is 0.289. The van der Waals surface area contributed by atoms with Crippen LogP contribution in [0.15, 0.2) is 53.6 Å². The van der Waals surface area contributed by atoms with Gasteiger partial charge in [0.15, 0.2) is 0 Å². The lowest BCUT2D eigenvalue weighted by Crippen LogP contribution is -2.56. The standard InChI is InChI=1S/C27H27Cl2N5/c1-16-24(33(4)5)26(14-30,15-31)34-27(16,18-8-12-20(29)13-9-18)23-21(25(23,2)3)22(32-34)17-6-10-19(28)11-7-17/h6-13,16,21,23-24H,1-5H3/t16-,21-,23+,24+,27-/m1/s1. The van der Waals surface area contributed by atoms with E-state index in [-0.39, 0.29) is 29.2 Å². The maximum Gasteiger partial charge on any atom is 0.246 e. The van der Waals surface area contributed by atoms with Crippen LogP contribution in [0.2, 0.25) is 10.0 Å². The number of nitriles is 2. The summed E-state index contributed by atoms with van der Waals surface area (Å²) < 4.78 is 0. The van der Waals surface area contributed by atoms with Gasteiger partial charge in [0.1, 0.15) is 12.1 Å². The molecule has 2 aliphatic heterocycles. The average molecular weight is 492 g/mol. The highest BCUT2D eigenvalue weighted by Crippen LogP contribution is 2.75. The zero-order chi connectivity index (χ0) is 24.6. The molecule has 2 aromatic rings. The first-order valence-corrected chi connectivity index (χ1v) is 12.2. The Labute approximate surface area is 211 Å². The molecule has 7 heteroatoms. The molecule has 0 spiro atoms. The van der Waals surface area contributed by atoms with Gasteiger partial charge in [-0.3, -0.25) is 5.01 Å². The number of hydrogen-bond donors (Lipinski definition) is 0. The fourth-order valence-electron chi connectivity index (χ4n) is 7.14. The Kier molecular flexibility index (Phi) is 5.09. The van der Waals surface area contributed by atoms with Crippen molar-refractivity contribution in [2.45, 2.75) is 37.9 Å². The first kappa shape index (κ1) is 23.2. The topological polar surface area (TPSA) is 66.4 Å². The highest BCUT2D eigenvalue weighted by molar-refractivity contribution is 6.31. The average Bonchev–Trinajstić information content (AvgIpc) is 3.30. The predicted octanol–water partition coefficient (Wildman–Crippen LogP) is 5.55. The lowest BCUT2D eigenvalue weighted by atomic mass is 9.71. The van der Waals surface area contributed by atoms with Gasteiger partial charge in [-0.2, -0.15) is 15.6 Å². The van der Waals surface area contributed by atoms with E-state index in [4.69, 9.17) is 28.3 Å². The molecule has 1 saturated carbocycles. The summed E-state index contributed by atoms with van der Waals surface area (Å²) in [6.07, 6.45) is 0. The van der Waals surface area contributed by atoms with E-state index in [0.717, 1.165) is 16.8 Å². The fraction of sp³-hybridized carbons (Fsp3) is 0.444. The maximum atomic E-state index is 10.6.